The first kappa shape index (κ1) is 15.0. The Labute approximate surface area is 131 Å². The zero-order chi connectivity index (χ0) is 14.9. The molecule has 0 saturated carbocycles. The van der Waals surface area contributed by atoms with Crippen LogP contribution in [0.15, 0.2) is 28.9 Å². The van der Waals surface area contributed by atoms with Crippen LogP contribution in [0.4, 0.5) is 5.82 Å². The molecule has 0 spiro atoms. The van der Waals surface area contributed by atoms with Crippen molar-refractivity contribution in [2.75, 3.05) is 0 Å². The minimum atomic E-state index is -0.635. The van der Waals surface area contributed by atoms with E-state index in [1.54, 1.807) is 0 Å². The first-order chi connectivity index (χ1) is 9.38. The Hall–Kier alpha value is -1.44. The molecule has 1 aromatic carbocycles. The summed E-state index contributed by atoms with van der Waals surface area (Å²) >= 11 is 14.6. The van der Waals surface area contributed by atoms with Gasteiger partial charge in [0.15, 0.2) is 5.78 Å². The number of nitrogens with zero attached hydrogens (tertiary/aromatic N) is 3. The van der Waals surface area contributed by atoms with Crippen molar-refractivity contribution in [2.24, 2.45) is 0 Å². The van der Waals surface area contributed by atoms with Crippen LogP contribution in [0.5, 0.6) is 0 Å². The predicted octanol–water partition coefficient (Wildman–Crippen LogP) is 3.74. The molecule has 2 rings (SSSR count). The topological polar surface area (TPSA) is 78.0 Å². The maximum Gasteiger partial charge on any atom is 0.404 e. The summed E-state index contributed by atoms with van der Waals surface area (Å²) < 4.78 is 1.40. The minimum Gasteiger partial charge on any atom is -0.358 e. The number of carbonyl (C=O) groups excluding carboxylic acids is 1. The Balaban J connectivity index is 2.21. The number of Topliss-reactive ketones (excluding diaryl/α,β-unsaturated/α-hetero) is 1. The van der Waals surface area contributed by atoms with Gasteiger partial charge in [-0.1, -0.05) is 23.2 Å². The molecule has 0 aliphatic heterocycles. The SMILES string of the molecule is O=C(Cn1cc(Br)c([N+](=O)[O-])n1)c1ccc(Cl)c(Cl)c1. The highest BCUT2D eigenvalue weighted by Crippen LogP contribution is 2.24. The lowest BCUT2D eigenvalue weighted by Gasteiger charge is -2.01. The van der Waals surface area contributed by atoms with Crippen LogP contribution in [-0.4, -0.2) is 20.5 Å². The Morgan fingerprint density at radius 1 is 1.40 bits per heavy atom. The number of aromatic nitrogens is 2. The van der Waals surface area contributed by atoms with Gasteiger partial charge in [0.2, 0.25) is 0 Å². The number of hydrogen-bond donors (Lipinski definition) is 0. The smallest absolute Gasteiger partial charge is 0.358 e. The molecule has 9 heteroatoms. The van der Waals surface area contributed by atoms with Gasteiger partial charge in [-0.2, -0.15) is 4.68 Å². The minimum absolute atomic E-state index is 0.135. The van der Waals surface area contributed by atoms with E-state index in [0.717, 1.165) is 0 Å². The molecule has 2 aromatic rings. The van der Waals surface area contributed by atoms with Gasteiger partial charge in [0, 0.05) is 5.56 Å². The van der Waals surface area contributed by atoms with Crippen molar-refractivity contribution in [1.29, 1.82) is 0 Å². The number of benzene rings is 1. The van der Waals surface area contributed by atoms with E-state index in [1.807, 2.05) is 0 Å². The molecule has 0 aliphatic carbocycles. The van der Waals surface area contributed by atoms with Crippen molar-refractivity contribution < 1.29 is 9.72 Å². The summed E-state index contributed by atoms with van der Waals surface area (Å²) in [6.07, 6.45) is 1.37. The van der Waals surface area contributed by atoms with E-state index in [-0.39, 0.29) is 27.6 Å². The third kappa shape index (κ3) is 3.17. The fourth-order valence-electron chi connectivity index (χ4n) is 1.50. The van der Waals surface area contributed by atoms with Gasteiger partial charge in [-0.05, 0) is 39.1 Å². The van der Waals surface area contributed by atoms with Gasteiger partial charge in [0.1, 0.15) is 11.0 Å². The number of halogens is 3. The van der Waals surface area contributed by atoms with Crippen molar-refractivity contribution in [3.05, 3.63) is 54.6 Å². The molecule has 104 valence electrons. The molecule has 1 aromatic heterocycles. The Morgan fingerprint density at radius 3 is 2.65 bits per heavy atom. The van der Waals surface area contributed by atoms with Crippen LogP contribution < -0.4 is 0 Å². The highest BCUT2D eigenvalue weighted by molar-refractivity contribution is 9.10. The number of nitro groups is 1. The predicted molar refractivity (Wildman–Crippen MR) is 77.4 cm³/mol. The van der Waals surface area contributed by atoms with Crippen LogP contribution in [0.2, 0.25) is 10.0 Å². The first-order valence-corrected chi connectivity index (χ1v) is 6.79. The molecule has 0 saturated heterocycles. The van der Waals surface area contributed by atoms with Gasteiger partial charge in [-0.25, -0.2) is 0 Å². The van der Waals surface area contributed by atoms with Gasteiger partial charge in [-0.3, -0.25) is 4.79 Å². The summed E-state index contributed by atoms with van der Waals surface area (Å²) in [5.74, 6) is -0.625. The third-order valence-corrected chi connectivity index (χ3v) is 3.72. The molecule has 0 fully saturated rings. The fourth-order valence-corrected chi connectivity index (χ4v) is 2.26. The Morgan fingerprint density at radius 2 is 2.10 bits per heavy atom. The standard InChI is InChI=1S/C11H6BrCl2N3O3/c12-7-4-16(15-11(7)17(19)20)5-10(18)6-1-2-8(13)9(14)3-6/h1-4H,5H2. The lowest BCUT2D eigenvalue weighted by molar-refractivity contribution is -0.390. The second kappa shape index (κ2) is 5.90. The molecule has 0 N–H and O–H groups in total. The van der Waals surface area contributed by atoms with Crippen LogP contribution in [-0.2, 0) is 6.54 Å². The molecular weight excluding hydrogens is 373 g/mol. The van der Waals surface area contributed by atoms with E-state index in [9.17, 15) is 14.9 Å². The molecule has 0 unspecified atom stereocenters. The molecule has 0 radical (unpaired) electrons. The quantitative estimate of drug-likeness (QED) is 0.461. The second-order valence-electron chi connectivity index (χ2n) is 3.81. The van der Waals surface area contributed by atoms with Crippen molar-refractivity contribution in [3.8, 4) is 0 Å². The second-order valence-corrected chi connectivity index (χ2v) is 5.48. The number of carbonyl (C=O) groups is 1. The first-order valence-electron chi connectivity index (χ1n) is 5.24. The Bertz CT molecular complexity index is 702. The summed E-state index contributed by atoms with van der Waals surface area (Å²) in [4.78, 5) is 22.0. The van der Waals surface area contributed by atoms with Crippen LogP contribution in [0.1, 0.15) is 10.4 Å². The van der Waals surface area contributed by atoms with Gasteiger partial charge in [-0.15, -0.1) is 0 Å². The summed E-state index contributed by atoms with van der Waals surface area (Å²) in [5.41, 5.74) is 0.355. The number of rotatable bonds is 4. The number of ketones is 1. The zero-order valence-electron chi connectivity index (χ0n) is 9.72. The van der Waals surface area contributed by atoms with Gasteiger partial charge in [0.25, 0.3) is 0 Å². The lowest BCUT2D eigenvalue weighted by atomic mass is 10.1. The normalized spacial score (nSPS) is 10.6. The van der Waals surface area contributed by atoms with Gasteiger partial charge >= 0.3 is 5.82 Å². The highest BCUT2D eigenvalue weighted by Gasteiger charge is 2.20. The maximum absolute atomic E-state index is 12.0. The van der Waals surface area contributed by atoms with Gasteiger partial charge < -0.3 is 10.1 Å². The van der Waals surface area contributed by atoms with Crippen LogP contribution in [0.25, 0.3) is 0 Å². The summed E-state index contributed by atoms with van der Waals surface area (Å²) in [6, 6.07) is 4.49. The highest BCUT2D eigenvalue weighted by atomic mass is 79.9. The van der Waals surface area contributed by atoms with Crippen molar-refractivity contribution in [1.82, 2.24) is 9.78 Å². The summed E-state index contributed by atoms with van der Waals surface area (Å²) in [7, 11) is 0. The average molecular weight is 379 g/mol. The fraction of sp³-hybridized carbons (Fsp3) is 0.0909. The molecule has 0 bridgehead atoms. The van der Waals surface area contributed by atoms with Crippen LogP contribution in [0.3, 0.4) is 0 Å². The van der Waals surface area contributed by atoms with Crippen molar-refractivity contribution >= 4 is 50.7 Å². The van der Waals surface area contributed by atoms with E-state index in [1.165, 1.54) is 29.1 Å². The van der Waals surface area contributed by atoms with E-state index in [0.29, 0.717) is 10.6 Å². The molecule has 0 atom stereocenters. The average Bonchev–Trinajstić information content (AvgIpc) is 2.73. The van der Waals surface area contributed by atoms with E-state index in [4.69, 9.17) is 23.2 Å². The summed E-state index contributed by atoms with van der Waals surface area (Å²) in [5, 5.41) is 15.0. The molecule has 1 heterocycles. The van der Waals surface area contributed by atoms with Crippen LogP contribution >= 0.6 is 39.1 Å². The maximum atomic E-state index is 12.0. The molecular formula is C11H6BrCl2N3O3. The Kier molecular flexibility index (Phi) is 4.42. The molecule has 6 nitrogen and oxygen atoms in total. The lowest BCUT2D eigenvalue weighted by Crippen LogP contribution is -2.11. The number of hydrogen-bond acceptors (Lipinski definition) is 4. The van der Waals surface area contributed by atoms with Crippen molar-refractivity contribution in [3.63, 3.8) is 0 Å². The van der Waals surface area contributed by atoms with E-state index < -0.39 is 4.92 Å². The monoisotopic (exact) mass is 377 g/mol. The largest absolute Gasteiger partial charge is 0.404 e. The third-order valence-electron chi connectivity index (χ3n) is 2.42. The van der Waals surface area contributed by atoms with Crippen molar-refractivity contribution in [2.45, 2.75) is 6.54 Å². The molecule has 0 amide bonds. The summed E-state index contributed by atoms with van der Waals surface area (Å²) in [6.45, 7) is -0.135. The van der Waals surface area contributed by atoms with Crippen LogP contribution in [0, 0.1) is 10.1 Å². The zero-order valence-corrected chi connectivity index (χ0v) is 12.8. The van der Waals surface area contributed by atoms with E-state index in [2.05, 4.69) is 21.0 Å². The van der Waals surface area contributed by atoms with Gasteiger partial charge in [0.05, 0.1) is 21.3 Å². The molecule has 20 heavy (non-hydrogen) atoms. The van der Waals surface area contributed by atoms with E-state index >= 15 is 0 Å². The molecule has 0 aliphatic rings.